The van der Waals surface area contributed by atoms with Crippen molar-refractivity contribution < 1.29 is 35.9 Å². The molecule has 176 valence electrons. The first kappa shape index (κ1) is 23.5. The van der Waals surface area contributed by atoms with Crippen LogP contribution in [0.15, 0.2) is 30.5 Å². The number of nitrogens with zero attached hydrogens (tertiary/aromatic N) is 1. The zero-order valence-corrected chi connectivity index (χ0v) is 20.5. The monoisotopic (exact) mass is 469 g/mol. The van der Waals surface area contributed by atoms with Crippen molar-refractivity contribution in [2.24, 2.45) is 0 Å². The summed E-state index contributed by atoms with van der Waals surface area (Å²) < 4.78 is 25.2. The fourth-order valence-electron chi connectivity index (χ4n) is 5.17. The zero-order chi connectivity index (χ0) is 22.1. The van der Waals surface area contributed by atoms with Crippen LogP contribution in [0.2, 0.25) is 0 Å². The molecule has 0 radical (unpaired) electrons. The van der Waals surface area contributed by atoms with E-state index in [2.05, 4.69) is 35.9 Å². The predicted molar refractivity (Wildman–Crippen MR) is 125 cm³/mol. The van der Waals surface area contributed by atoms with Crippen molar-refractivity contribution in [3.05, 3.63) is 41.6 Å². The van der Waals surface area contributed by atoms with Gasteiger partial charge in [0.25, 0.3) is 0 Å². The highest BCUT2D eigenvalue weighted by Gasteiger charge is 2.32. The summed E-state index contributed by atoms with van der Waals surface area (Å²) in [7, 11) is 3.42. The summed E-state index contributed by atoms with van der Waals surface area (Å²) in [5.74, 6) is 3.29. The molecule has 0 atom stereocenters. The number of fused-ring (bicyclic) bond motifs is 5. The molecule has 0 spiro atoms. The minimum absolute atomic E-state index is 0. The Morgan fingerprint density at radius 3 is 2.48 bits per heavy atom. The summed E-state index contributed by atoms with van der Waals surface area (Å²) in [5, 5.41) is 2.36. The molecule has 6 heteroatoms. The number of aryl methyl sites for hydroxylation is 3. The maximum atomic E-state index is 5.81. The molecule has 5 nitrogen and oxygen atoms in total. The summed E-state index contributed by atoms with van der Waals surface area (Å²) >= 11 is 0. The van der Waals surface area contributed by atoms with Crippen LogP contribution < -0.4 is 35.9 Å². The Kier molecular flexibility index (Phi) is 7.18. The van der Waals surface area contributed by atoms with E-state index in [1.807, 2.05) is 6.07 Å². The van der Waals surface area contributed by atoms with E-state index in [0.29, 0.717) is 6.79 Å². The molecule has 0 unspecified atom stereocenters. The summed E-state index contributed by atoms with van der Waals surface area (Å²) in [5.41, 5.74) is 5.29. The van der Waals surface area contributed by atoms with Gasteiger partial charge in [0, 0.05) is 17.4 Å². The van der Waals surface area contributed by atoms with Crippen LogP contribution in [0.4, 0.5) is 0 Å². The van der Waals surface area contributed by atoms with Crippen LogP contribution in [0.1, 0.15) is 50.2 Å². The van der Waals surface area contributed by atoms with Gasteiger partial charge in [0.05, 0.1) is 25.2 Å². The Balaban J connectivity index is 0.00000259. The SMILES string of the molecule is CCCCCCCc1c2[n+](cc3c(OC)c(OC)ccc13)CCc1cc3c(cc1-2)OCO3.[Cl-]. The van der Waals surface area contributed by atoms with E-state index >= 15 is 0 Å². The van der Waals surface area contributed by atoms with Crippen LogP contribution in [-0.2, 0) is 19.4 Å². The topological polar surface area (TPSA) is 40.8 Å². The highest BCUT2D eigenvalue weighted by molar-refractivity contribution is 5.95. The number of halogens is 1. The summed E-state index contributed by atoms with van der Waals surface area (Å²) in [4.78, 5) is 0. The lowest BCUT2D eigenvalue weighted by atomic mass is 9.89. The summed E-state index contributed by atoms with van der Waals surface area (Å²) in [6, 6.07) is 8.57. The number of unbranched alkanes of at least 4 members (excludes halogenated alkanes) is 4. The first-order valence-electron chi connectivity index (χ1n) is 11.8. The van der Waals surface area contributed by atoms with Crippen LogP contribution in [0, 0.1) is 0 Å². The van der Waals surface area contributed by atoms with E-state index in [1.54, 1.807) is 14.2 Å². The third-order valence-electron chi connectivity index (χ3n) is 6.77. The van der Waals surface area contributed by atoms with Crippen LogP contribution in [0.3, 0.4) is 0 Å². The third kappa shape index (κ3) is 4.19. The van der Waals surface area contributed by atoms with E-state index in [4.69, 9.17) is 18.9 Å². The lowest BCUT2D eigenvalue weighted by molar-refractivity contribution is -0.686. The van der Waals surface area contributed by atoms with E-state index in [0.717, 1.165) is 47.8 Å². The minimum atomic E-state index is 0. The van der Waals surface area contributed by atoms with Gasteiger partial charge >= 0.3 is 0 Å². The normalized spacial score (nSPS) is 13.3. The van der Waals surface area contributed by atoms with Gasteiger partial charge < -0.3 is 31.4 Å². The van der Waals surface area contributed by atoms with Gasteiger partial charge in [-0.1, -0.05) is 32.6 Å². The molecule has 0 aliphatic carbocycles. The van der Waals surface area contributed by atoms with E-state index in [1.165, 1.54) is 59.9 Å². The van der Waals surface area contributed by atoms with Gasteiger partial charge in [-0.25, -0.2) is 0 Å². The Labute approximate surface area is 202 Å². The third-order valence-corrected chi connectivity index (χ3v) is 6.77. The second kappa shape index (κ2) is 10.1. The number of rotatable bonds is 8. The Morgan fingerprint density at radius 1 is 0.939 bits per heavy atom. The fraction of sp³-hybridized carbons (Fsp3) is 0.444. The highest BCUT2D eigenvalue weighted by atomic mass is 35.5. The summed E-state index contributed by atoms with van der Waals surface area (Å²) in [6.07, 6.45) is 10.5. The fourth-order valence-corrected chi connectivity index (χ4v) is 5.17. The zero-order valence-electron chi connectivity index (χ0n) is 19.7. The number of hydrogen-bond donors (Lipinski definition) is 0. The molecule has 2 aliphatic rings. The predicted octanol–water partition coefficient (Wildman–Crippen LogP) is 2.61. The second-order valence-electron chi connectivity index (χ2n) is 8.69. The average molecular weight is 470 g/mol. The maximum absolute atomic E-state index is 5.81. The van der Waals surface area contributed by atoms with Crippen molar-refractivity contribution in [2.75, 3.05) is 21.0 Å². The first-order chi connectivity index (χ1) is 15.7. The molecule has 0 bridgehead atoms. The molecule has 0 saturated heterocycles. The summed E-state index contributed by atoms with van der Waals surface area (Å²) in [6.45, 7) is 3.50. The molecule has 0 fully saturated rings. The Morgan fingerprint density at radius 2 is 1.73 bits per heavy atom. The Bertz CT molecular complexity index is 1160. The van der Waals surface area contributed by atoms with Gasteiger partial charge in [-0.15, -0.1) is 0 Å². The van der Waals surface area contributed by atoms with Crippen molar-refractivity contribution >= 4 is 10.8 Å². The molecule has 2 aliphatic heterocycles. The van der Waals surface area contributed by atoms with E-state index in [-0.39, 0.29) is 12.4 Å². The van der Waals surface area contributed by atoms with Crippen LogP contribution in [-0.4, -0.2) is 21.0 Å². The van der Waals surface area contributed by atoms with Crippen LogP contribution in [0.5, 0.6) is 23.0 Å². The van der Waals surface area contributed by atoms with Gasteiger partial charge in [-0.05, 0) is 42.7 Å². The lowest BCUT2D eigenvalue weighted by Crippen LogP contribution is -3.00. The molecule has 3 heterocycles. The van der Waals surface area contributed by atoms with Crippen molar-refractivity contribution in [2.45, 2.75) is 58.4 Å². The number of pyridine rings is 1. The largest absolute Gasteiger partial charge is 1.00 e. The quantitative estimate of drug-likeness (QED) is 0.375. The van der Waals surface area contributed by atoms with Gasteiger partial charge in [-0.2, -0.15) is 4.57 Å². The minimum Gasteiger partial charge on any atom is -1.00 e. The number of hydrogen-bond acceptors (Lipinski definition) is 4. The molecule has 5 rings (SSSR count). The first-order valence-corrected chi connectivity index (χ1v) is 11.8. The van der Waals surface area contributed by atoms with Crippen LogP contribution >= 0.6 is 0 Å². The number of aromatic nitrogens is 1. The molecule has 0 N–H and O–H groups in total. The van der Waals surface area contributed by atoms with Crippen molar-refractivity contribution in [3.63, 3.8) is 0 Å². The molecule has 3 aromatic rings. The number of benzene rings is 2. The average Bonchev–Trinajstić information content (AvgIpc) is 3.28. The molecular formula is C27H32ClNO4. The van der Waals surface area contributed by atoms with Gasteiger partial charge in [0.15, 0.2) is 35.7 Å². The molecule has 0 saturated carbocycles. The van der Waals surface area contributed by atoms with Gasteiger partial charge in [0.2, 0.25) is 12.5 Å². The standard InChI is InChI=1S/C27H32NO4.ClH/c1-4-5-6-7-8-9-20-19-10-11-23(29-2)27(30-3)22(19)16-28-13-12-18-14-24-25(32-17-31-24)15-21(18)26(20)28;/h10-11,14-16H,4-9,12-13,17H2,1-3H3;1H/q+1;/p-1. The number of ether oxygens (including phenoxy) is 4. The molecular weight excluding hydrogens is 438 g/mol. The second-order valence-corrected chi connectivity index (χ2v) is 8.69. The van der Waals surface area contributed by atoms with Crippen molar-refractivity contribution in [1.82, 2.24) is 0 Å². The van der Waals surface area contributed by atoms with Gasteiger partial charge in [0.1, 0.15) is 0 Å². The number of methoxy groups -OCH3 is 2. The van der Waals surface area contributed by atoms with E-state index in [9.17, 15) is 0 Å². The van der Waals surface area contributed by atoms with Crippen LogP contribution in [0.25, 0.3) is 22.0 Å². The smallest absolute Gasteiger partial charge is 0.231 e. The maximum Gasteiger partial charge on any atom is 0.231 e. The molecule has 0 amide bonds. The van der Waals surface area contributed by atoms with E-state index < -0.39 is 0 Å². The molecule has 1 aromatic heterocycles. The lowest BCUT2D eigenvalue weighted by Gasteiger charge is -2.21. The van der Waals surface area contributed by atoms with Gasteiger partial charge in [-0.3, -0.25) is 0 Å². The van der Waals surface area contributed by atoms with Crippen molar-refractivity contribution in [1.29, 1.82) is 0 Å². The van der Waals surface area contributed by atoms with Crippen molar-refractivity contribution in [3.8, 4) is 34.3 Å². The highest BCUT2D eigenvalue weighted by Crippen LogP contribution is 2.43. The Hall–Kier alpha value is -2.66. The molecule has 2 aromatic carbocycles. The molecule has 33 heavy (non-hydrogen) atoms.